The molecule has 2 N–H and O–H groups in total. The van der Waals surface area contributed by atoms with Crippen molar-refractivity contribution in [3.63, 3.8) is 0 Å². The Hall–Kier alpha value is -3.40. The van der Waals surface area contributed by atoms with Crippen molar-refractivity contribution in [3.8, 4) is 17.6 Å². The summed E-state index contributed by atoms with van der Waals surface area (Å²) in [5, 5.41) is 7.16. The summed E-state index contributed by atoms with van der Waals surface area (Å²) in [4.78, 5) is 0.114. The van der Waals surface area contributed by atoms with Gasteiger partial charge < -0.3 is 29.4 Å². The Morgan fingerprint density at radius 2 is 1.71 bits per heavy atom. The number of benzene rings is 2. The van der Waals surface area contributed by atoms with Crippen LogP contribution in [0.3, 0.4) is 0 Å². The fourth-order valence-corrected chi connectivity index (χ4v) is 4.88. The van der Waals surface area contributed by atoms with Crippen molar-refractivity contribution in [2.24, 2.45) is 0 Å². The highest BCUT2D eigenvalue weighted by Crippen LogP contribution is 2.31. The highest BCUT2D eigenvalue weighted by Gasteiger charge is 2.30. The third-order valence-corrected chi connectivity index (χ3v) is 7.16. The van der Waals surface area contributed by atoms with Gasteiger partial charge in [-0.2, -0.15) is 13.2 Å². The molecule has 0 saturated carbocycles. The molecule has 42 heavy (non-hydrogen) atoms. The Bertz CT molecular complexity index is 1450. The first-order chi connectivity index (χ1) is 20.0. The number of sulfone groups is 1. The third kappa shape index (κ3) is 10.2. The van der Waals surface area contributed by atoms with E-state index in [-0.39, 0.29) is 23.2 Å². The van der Waals surface area contributed by atoms with Crippen molar-refractivity contribution in [2.75, 3.05) is 58.0 Å². The van der Waals surface area contributed by atoms with E-state index in [1.165, 1.54) is 23.8 Å². The van der Waals surface area contributed by atoms with E-state index < -0.39 is 22.6 Å². The first-order valence-corrected chi connectivity index (χ1v) is 15.4. The summed E-state index contributed by atoms with van der Waals surface area (Å²) < 4.78 is 80.0. The van der Waals surface area contributed by atoms with Gasteiger partial charge in [0.05, 0.1) is 35.4 Å². The Morgan fingerprint density at radius 3 is 2.31 bits per heavy atom. The highest BCUT2D eigenvalue weighted by atomic mass is 32.2. The van der Waals surface area contributed by atoms with Crippen molar-refractivity contribution in [1.29, 1.82) is 0 Å². The molecule has 0 radical (unpaired) electrons. The van der Waals surface area contributed by atoms with Crippen molar-refractivity contribution >= 4 is 32.1 Å². The molecule has 1 aromatic heterocycles. The minimum Gasteiger partial charge on any atom is -0.495 e. The fourth-order valence-electron chi connectivity index (χ4n) is 4.25. The number of halogens is 3. The lowest BCUT2D eigenvalue weighted by Crippen LogP contribution is -2.27. The molecular weight excluding hydrogens is 571 g/mol. The predicted molar refractivity (Wildman–Crippen MR) is 161 cm³/mol. The quantitative estimate of drug-likeness (QED) is 0.319. The second-order valence-electron chi connectivity index (χ2n) is 9.20. The average Bonchev–Trinajstić information content (AvgIpc) is 3.29. The standard InChI is InChI=1S/C26H28F3N3O4S.C2H6O.C2H6/c1-35-25-16-20(37(2,33)34)8-9-23(25)30-12-4-5-19-15-21-22(31-18-10-13-36-14-11-18)6-3-7-24(21)32(19)17-26(27,28)29;1-3-2;1-2/h3,6-9,15-16,18,30-31H,10-14,17H2,1-2H3;1-2H3;1-2H3. The van der Waals surface area contributed by atoms with Gasteiger partial charge in [-0.15, -0.1) is 0 Å². The van der Waals surface area contributed by atoms with Crippen LogP contribution < -0.4 is 15.4 Å². The van der Waals surface area contributed by atoms with Crippen LogP contribution in [-0.2, 0) is 25.9 Å². The summed E-state index contributed by atoms with van der Waals surface area (Å²) in [6, 6.07) is 11.5. The third-order valence-electron chi connectivity index (χ3n) is 6.05. The molecule has 12 heteroatoms. The zero-order chi connectivity index (χ0) is 31.3. The van der Waals surface area contributed by atoms with Gasteiger partial charge in [-0.3, -0.25) is 0 Å². The van der Waals surface area contributed by atoms with Gasteiger partial charge in [-0.1, -0.05) is 25.8 Å². The second kappa shape index (κ2) is 16.3. The highest BCUT2D eigenvalue weighted by molar-refractivity contribution is 7.90. The molecule has 232 valence electrons. The van der Waals surface area contributed by atoms with Gasteiger partial charge in [0.15, 0.2) is 9.84 Å². The van der Waals surface area contributed by atoms with E-state index in [4.69, 9.17) is 9.47 Å². The van der Waals surface area contributed by atoms with Gasteiger partial charge in [-0.05, 0) is 49.1 Å². The minimum absolute atomic E-state index is 0.106. The zero-order valence-corrected chi connectivity index (χ0v) is 25.7. The lowest BCUT2D eigenvalue weighted by atomic mass is 10.1. The molecule has 0 bridgehead atoms. The molecule has 0 aliphatic carbocycles. The van der Waals surface area contributed by atoms with Crippen LogP contribution in [0.4, 0.5) is 24.5 Å². The number of rotatable bonds is 7. The van der Waals surface area contributed by atoms with Crippen molar-refractivity contribution in [2.45, 2.75) is 50.3 Å². The summed E-state index contributed by atoms with van der Waals surface area (Å²) in [5.41, 5.74) is 1.98. The van der Waals surface area contributed by atoms with Crippen LogP contribution in [-0.4, -0.2) is 72.5 Å². The number of methoxy groups -OCH3 is 2. The van der Waals surface area contributed by atoms with Crippen molar-refractivity contribution < 1.29 is 35.8 Å². The Balaban J connectivity index is 0.00000116. The van der Waals surface area contributed by atoms with Crippen LogP contribution in [0.15, 0.2) is 47.4 Å². The van der Waals surface area contributed by atoms with Crippen LogP contribution >= 0.6 is 0 Å². The average molecular weight is 612 g/mol. The van der Waals surface area contributed by atoms with Crippen molar-refractivity contribution in [3.05, 3.63) is 48.2 Å². The van der Waals surface area contributed by atoms with Gasteiger partial charge in [0.2, 0.25) is 0 Å². The van der Waals surface area contributed by atoms with E-state index in [0.29, 0.717) is 35.6 Å². The van der Waals surface area contributed by atoms with Gasteiger partial charge in [0, 0.05) is 56.9 Å². The maximum atomic E-state index is 13.4. The number of nitrogens with zero attached hydrogens (tertiary/aromatic N) is 1. The summed E-state index contributed by atoms with van der Waals surface area (Å²) >= 11 is 0. The van der Waals surface area contributed by atoms with Crippen LogP contribution in [0.5, 0.6) is 5.75 Å². The maximum absolute atomic E-state index is 13.4. The lowest BCUT2D eigenvalue weighted by molar-refractivity contribution is -0.140. The molecule has 0 amide bonds. The molecule has 0 atom stereocenters. The van der Waals surface area contributed by atoms with Gasteiger partial charge >= 0.3 is 6.18 Å². The topological polar surface area (TPSA) is 90.8 Å². The zero-order valence-electron chi connectivity index (χ0n) is 24.9. The lowest BCUT2D eigenvalue weighted by Gasteiger charge is -2.24. The number of ether oxygens (including phenoxy) is 3. The minimum atomic E-state index is -4.42. The molecule has 3 aromatic rings. The van der Waals surface area contributed by atoms with Gasteiger partial charge in [-0.25, -0.2) is 8.42 Å². The van der Waals surface area contributed by atoms with Crippen LogP contribution in [0, 0.1) is 11.8 Å². The molecule has 2 heterocycles. The van der Waals surface area contributed by atoms with E-state index in [1.54, 1.807) is 38.5 Å². The Morgan fingerprint density at radius 1 is 1.05 bits per heavy atom. The molecule has 1 aliphatic rings. The van der Waals surface area contributed by atoms with E-state index in [1.807, 2.05) is 19.9 Å². The molecule has 8 nitrogen and oxygen atoms in total. The number of fused-ring (bicyclic) bond motifs is 1. The van der Waals surface area contributed by atoms with E-state index in [9.17, 15) is 21.6 Å². The summed E-state index contributed by atoms with van der Waals surface area (Å²) in [7, 11) is 1.27. The number of nitrogens with one attached hydrogen (secondary N) is 2. The molecule has 1 fully saturated rings. The van der Waals surface area contributed by atoms with Gasteiger partial charge in [0.25, 0.3) is 0 Å². The maximum Gasteiger partial charge on any atom is 0.406 e. The van der Waals surface area contributed by atoms with Crippen LogP contribution in [0.2, 0.25) is 0 Å². The van der Waals surface area contributed by atoms with Gasteiger partial charge in [0.1, 0.15) is 12.3 Å². The largest absolute Gasteiger partial charge is 0.495 e. The molecule has 0 spiro atoms. The Labute approximate surface area is 246 Å². The molecule has 1 saturated heterocycles. The summed E-state index contributed by atoms with van der Waals surface area (Å²) in [6.07, 6.45) is -1.66. The first kappa shape index (κ1) is 34.8. The molecule has 0 unspecified atom stereocenters. The smallest absolute Gasteiger partial charge is 0.406 e. The monoisotopic (exact) mass is 611 g/mol. The predicted octanol–water partition coefficient (Wildman–Crippen LogP) is 5.96. The summed E-state index contributed by atoms with van der Waals surface area (Å²) in [6.45, 7) is 4.24. The number of hydrogen-bond acceptors (Lipinski definition) is 7. The number of aromatic nitrogens is 1. The Kier molecular flexibility index (Phi) is 13.5. The second-order valence-corrected chi connectivity index (χ2v) is 11.2. The molecule has 1 aliphatic heterocycles. The van der Waals surface area contributed by atoms with Crippen molar-refractivity contribution in [1.82, 2.24) is 4.57 Å². The fraction of sp³-hybridized carbons (Fsp3) is 0.467. The SMILES string of the molecule is CC.COC.COc1cc(S(C)(=O)=O)ccc1NCC#Cc1cc2c(NC3CCOCC3)cccc2n1CC(F)(F)F. The first-order valence-electron chi connectivity index (χ1n) is 13.5. The van der Waals surface area contributed by atoms with E-state index >= 15 is 0 Å². The molecule has 2 aromatic carbocycles. The summed E-state index contributed by atoms with van der Waals surface area (Å²) in [5.74, 6) is 6.06. The molecule has 4 rings (SSSR count). The van der Waals surface area contributed by atoms with E-state index in [0.717, 1.165) is 24.8 Å². The number of anilines is 2. The van der Waals surface area contributed by atoms with E-state index in [2.05, 4.69) is 27.2 Å². The van der Waals surface area contributed by atoms with Crippen LogP contribution in [0.25, 0.3) is 10.9 Å². The number of alkyl halides is 3. The normalized spacial score (nSPS) is 13.5. The van der Waals surface area contributed by atoms with Crippen LogP contribution in [0.1, 0.15) is 32.4 Å². The molecular formula is C30H40F3N3O5S. The number of hydrogen-bond donors (Lipinski definition) is 2.